The second-order valence-electron chi connectivity index (χ2n) is 5.36. The molecule has 0 unspecified atom stereocenters. The minimum absolute atomic E-state index is 0.266. The van der Waals surface area contributed by atoms with Crippen LogP contribution >= 0.6 is 0 Å². The fourth-order valence-electron chi connectivity index (χ4n) is 2.23. The molecule has 128 valence electrons. The van der Waals surface area contributed by atoms with Crippen LogP contribution in [0, 0.1) is 6.92 Å². The monoisotopic (exact) mass is 338 g/mol. The van der Waals surface area contributed by atoms with E-state index in [0.29, 0.717) is 22.9 Å². The normalized spacial score (nSPS) is 10.4. The summed E-state index contributed by atoms with van der Waals surface area (Å²) in [5.74, 6) is 1.36. The highest BCUT2D eigenvalue weighted by Crippen LogP contribution is 2.28. The number of anilines is 1. The predicted octanol–water partition coefficient (Wildman–Crippen LogP) is 3.18. The second-order valence-corrected chi connectivity index (χ2v) is 5.36. The maximum absolute atomic E-state index is 12.5. The van der Waals surface area contributed by atoms with Crippen LogP contribution in [0.15, 0.2) is 48.8 Å². The van der Waals surface area contributed by atoms with Crippen molar-refractivity contribution in [2.45, 2.75) is 6.92 Å². The number of aromatic nitrogens is 3. The number of hydrogen-bond donors (Lipinski definition) is 1. The molecule has 7 nitrogen and oxygen atoms in total. The van der Waals surface area contributed by atoms with E-state index < -0.39 is 0 Å². The lowest BCUT2D eigenvalue weighted by molar-refractivity contribution is 0.102. The molecule has 7 heteroatoms. The lowest BCUT2D eigenvalue weighted by Gasteiger charge is -2.11. The second kappa shape index (κ2) is 7.04. The number of methoxy groups -OCH3 is 1. The molecule has 0 aliphatic rings. The first-order chi connectivity index (χ1) is 12.1. The number of nitrogens with one attached hydrogen (secondary N) is 1. The molecule has 0 saturated heterocycles. The van der Waals surface area contributed by atoms with Gasteiger partial charge in [0.2, 0.25) is 5.88 Å². The molecule has 2 heterocycles. The molecule has 0 atom stereocenters. The molecule has 0 bridgehead atoms. The first kappa shape index (κ1) is 16.5. The van der Waals surface area contributed by atoms with E-state index in [2.05, 4.69) is 15.4 Å². The molecule has 3 aromatic rings. The average Bonchev–Trinajstić information content (AvgIpc) is 2.96. The Kier molecular flexibility index (Phi) is 4.65. The van der Waals surface area contributed by atoms with Gasteiger partial charge < -0.3 is 14.8 Å². The maximum Gasteiger partial charge on any atom is 0.259 e. The lowest BCUT2D eigenvalue weighted by atomic mass is 10.2. The van der Waals surface area contributed by atoms with Crippen LogP contribution < -0.4 is 14.8 Å². The van der Waals surface area contributed by atoms with E-state index in [9.17, 15) is 4.79 Å². The van der Waals surface area contributed by atoms with Gasteiger partial charge in [0.15, 0.2) is 0 Å². The Bertz CT molecular complexity index is 888. The summed E-state index contributed by atoms with van der Waals surface area (Å²) in [7, 11) is 3.39. The van der Waals surface area contributed by atoms with Gasteiger partial charge in [-0.1, -0.05) is 0 Å². The van der Waals surface area contributed by atoms with Gasteiger partial charge in [-0.15, -0.1) is 0 Å². The molecule has 0 aliphatic heterocycles. The average molecular weight is 338 g/mol. The molecule has 1 aromatic carbocycles. The largest absolute Gasteiger partial charge is 0.497 e. The van der Waals surface area contributed by atoms with Gasteiger partial charge in [-0.05, 0) is 43.3 Å². The van der Waals surface area contributed by atoms with E-state index in [0.717, 1.165) is 11.4 Å². The summed E-state index contributed by atoms with van der Waals surface area (Å²) in [4.78, 5) is 16.7. The first-order valence-corrected chi connectivity index (χ1v) is 7.65. The van der Waals surface area contributed by atoms with Gasteiger partial charge >= 0.3 is 0 Å². The highest BCUT2D eigenvalue weighted by atomic mass is 16.5. The Morgan fingerprint density at radius 1 is 1.16 bits per heavy atom. The zero-order valence-corrected chi connectivity index (χ0v) is 14.2. The van der Waals surface area contributed by atoms with Gasteiger partial charge in [0.25, 0.3) is 5.91 Å². The van der Waals surface area contributed by atoms with Crippen LogP contribution in [0.4, 0.5) is 5.69 Å². The minimum atomic E-state index is -0.266. The van der Waals surface area contributed by atoms with Gasteiger partial charge in [-0.25, -0.2) is 4.98 Å². The molecule has 0 fully saturated rings. The zero-order valence-electron chi connectivity index (χ0n) is 14.2. The fourth-order valence-corrected chi connectivity index (χ4v) is 2.23. The van der Waals surface area contributed by atoms with E-state index in [1.165, 1.54) is 6.20 Å². The number of amides is 1. The Hall–Kier alpha value is -3.35. The van der Waals surface area contributed by atoms with Crippen LogP contribution in [0.2, 0.25) is 0 Å². The first-order valence-electron chi connectivity index (χ1n) is 7.65. The SMILES string of the molecule is COc1ccc(Oc2ncccc2NC(=O)c2cnn(C)c2C)cc1. The molecule has 1 amide bonds. The van der Waals surface area contributed by atoms with Gasteiger partial charge in [0.1, 0.15) is 17.2 Å². The third-order valence-electron chi connectivity index (χ3n) is 3.77. The van der Waals surface area contributed by atoms with Crippen LogP contribution in [-0.4, -0.2) is 27.8 Å². The summed E-state index contributed by atoms with van der Waals surface area (Å²) in [6.45, 7) is 1.83. The number of carbonyl (C=O) groups is 1. The summed E-state index contributed by atoms with van der Waals surface area (Å²) in [5.41, 5.74) is 1.76. The molecule has 2 aromatic heterocycles. The standard InChI is InChI=1S/C18H18N4O3/c1-12-15(11-20-22(12)2)17(23)21-16-5-4-10-19-18(16)25-14-8-6-13(24-3)7-9-14/h4-11H,1-3H3,(H,21,23). The third-order valence-corrected chi connectivity index (χ3v) is 3.77. The summed E-state index contributed by atoms with van der Waals surface area (Å²) in [6.07, 6.45) is 3.13. The Labute approximate surface area is 145 Å². The summed E-state index contributed by atoms with van der Waals surface area (Å²) >= 11 is 0. The number of aryl methyl sites for hydroxylation is 1. The highest BCUT2D eigenvalue weighted by Gasteiger charge is 2.15. The van der Waals surface area contributed by atoms with Crippen molar-refractivity contribution in [1.29, 1.82) is 0 Å². The molecule has 1 N–H and O–H groups in total. The fraction of sp³-hybridized carbons (Fsp3) is 0.167. The van der Waals surface area contributed by atoms with Crippen molar-refractivity contribution in [2.75, 3.05) is 12.4 Å². The van der Waals surface area contributed by atoms with Crippen molar-refractivity contribution in [3.05, 3.63) is 60.0 Å². The molecule has 3 rings (SSSR count). The Balaban J connectivity index is 1.80. The smallest absolute Gasteiger partial charge is 0.259 e. The predicted molar refractivity (Wildman–Crippen MR) is 93.2 cm³/mol. The number of nitrogens with zero attached hydrogens (tertiary/aromatic N) is 3. The quantitative estimate of drug-likeness (QED) is 0.773. The molecule has 0 radical (unpaired) electrons. The highest BCUT2D eigenvalue weighted by molar-refractivity contribution is 6.05. The minimum Gasteiger partial charge on any atom is -0.497 e. The van der Waals surface area contributed by atoms with Crippen molar-refractivity contribution < 1.29 is 14.3 Å². The van der Waals surface area contributed by atoms with Crippen molar-refractivity contribution in [1.82, 2.24) is 14.8 Å². The molecule has 25 heavy (non-hydrogen) atoms. The van der Waals surface area contributed by atoms with Crippen molar-refractivity contribution in [2.24, 2.45) is 7.05 Å². The van der Waals surface area contributed by atoms with Crippen molar-refractivity contribution >= 4 is 11.6 Å². The van der Waals surface area contributed by atoms with Crippen LogP contribution in [0.1, 0.15) is 16.1 Å². The van der Waals surface area contributed by atoms with Gasteiger partial charge in [0.05, 0.1) is 18.9 Å². The van der Waals surface area contributed by atoms with Gasteiger partial charge in [0, 0.05) is 18.9 Å². The molecule has 0 aliphatic carbocycles. The number of ether oxygens (including phenoxy) is 2. The van der Waals surface area contributed by atoms with E-state index in [4.69, 9.17) is 9.47 Å². The Morgan fingerprint density at radius 2 is 1.88 bits per heavy atom. The Morgan fingerprint density at radius 3 is 2.52 bits per heavy atom. The van der Waals surface area contributed by atoms with E-state index in [-0.39, 0.29) is 5.91 Å². The zero-order chi connectivity index (χ0) is 17.8. The lowest BCUT2D eigenvalue weighted by Crippen LogP contribution is -2.14. The number of rotatable bonds is 5. The van der Waals surface area contributed by atoms with Crippen LogP contribution in [0.3, 0.4) is 0 Å². The number of pyridine rings is 1. The van der Waals surface area contributed by atoms with Gasteiger partial charge in [-0.3, -0.25) is 9.48 Å². The van der Waals surface area contributed by atoms with Crippen LogP contribution in [-0.2, 0) is 7.05 Å². The summed E-state index contributed by atoms with van der Waals surface area (Å²) in [6, 6.07) is 10.6. The summed E-state index contributed by atoms with van der Waals surface area (Å²) in [5, 5.41) is 6.90. The van der Waals surface area contributed by atoms with Crippen LogP contribution in [0.25, 0.3) is 0 Å². The van der Waals surface area contributed by atoms with E-state index in [1.807, 2.05) is 6.92 Å². The number of carbonyl (C=O) groups excluding carboxylic acids is 1. The molecular weight excluding hydrogens is 320 g/mol. The summed E-state index contributed by atoms with van der Waals surface area (Å²) < 4.78 is 12.5. The third kappa shape index (κ3) is 3.60. The number of benzene rings is 1. The van der Waals surface area contributed by atoms with E-state index >= 15 is 0 Å². The topological polar surface area (TPSA) is 78.3 Å². The number of hydrogen-bond acceptors (Lipinski definition) is 5. The molecule has 0 spiro atoms. The molecular formula is C18H18N4O3. The maximum atomic E-state index is 12.5. The van der Waals surface area contributed by atoms with Crippen molar-refractivity contribution in [3.63, 3.8) is 0 Å². The van der Waals surface area contributed by atoms with Crippen molar-refractivity contribution in [3.8, 4) is 17.4 Å². The van der Waals surface area contributed by atoms with Gasteiger partial charge in [-0.2, -0.15) is 5.10 Å². The molecule has 0 saturated carbocycles. The van der Waals surface area contributed by atoms with E-state index in [1.54, 1.807) is 61.4 Å². The van der Waals surface area contributed by atoms with Crippen LogP contribution in [0.5, 0.6) is 17.4 Å².